The number of benzene rings is 2. The molecule has 0 unspecified atom stereocenters. The number of hydrogen-bond acceptors (Lipinski definition) is 2. The molecule has 0 atom stereocenters. The summed E-state index contributed by atoms with van der Waals surface area (Å²) in [5, 5.41) is 2.54. The second-order valence-corrected chi connectivity index (χ2v) is 6.05. The highest BCUT2D eigenvalue weighted by Crippen LogP contribution is 2.20. The molecule has 2 aromatic carbocycles. The molecule has 0 aliphatic heterocycles. The minimum Gasteiger partial charge on any atom is -0.351 e. The number of rotatable bonds is 6. The van der Waals surface area contributed by atoms with Gasteiger partial charge in [-0.1, -0.05) is 41.9 Å². The summed E-state index contributed by atoms with van der Waals surface area (Å²) in [4.78, 5) is 11.9. The second-order valence-electron chi connectivity index (χ2n) is 4.54. The summed E-state index contributed by atoms with van der Waals surface area (Å²) in [5.41, 5.74) is 1.15. The van der Waals surface area contributed by atoms with E-state index in [2.05, 4.69) is 5.32 Å². The number of hydrogen-bond donors (Lipinski definition) is 1. The van der Waals surface area contributed by atoms with Gasteiger partial charge < -0.3 is 5.32 Å². The maximum absolute atomic E-state index is 13.1. The van der Waals surface area contributed by atoms with E-state index in [4.69, 9.17) is 11.6 Å². The van der Waals surface area contributed by atoms with E-state index >= 15 is 0 Å². The molecular weight excluding hydrogens is 328 g/mol. The molecule has 0 heterocycles. The zero-order valence-electron chi connectivity index (χ0n) is 11.6. The molecule has 0 aliphatic rings. The first-order valence-electron chi connectivity index (χ1n) is 6.62. The van der Waals surface area contributed by atoms with Crippen molar-refractivity contribution < 1.29 is 13.6 Å². The molecule has 6 heteroatoms. The van der Waals surface area contributed by atoms with Crippen LogP contribution in [0, 0.1) is 11.6 Å². The van der Waals surface area contributed by atoms with Crippen LogP contribution in [0.25, 0.3) is 0 Å². The third kappa shape index (κ3) is 4.71. The summed E-state index contributed by atoms with van der Waals surface area (Å²) in [5.74, 6) is -1.11. The Labute approximate surface area is 136 Å². The quantitative estimate of drug-likeness (QED) is 0.627. The van der Waals surface area contributed by atoms with Gasteiger partial charge in [-0.05, 0) is 17.7 Å². The van der Waals surface area contributed by atoms with Gasteiger partial charge in [0.2, 0.25) is 0 Å². The fourth-order valence-electron chi connectivity index (χ4n) is 1.79. The monoisotopic (exact) mass is 341 g/mol. The Morgan fingerprint density at radius 2 is 1.82 bits per heavy atom. The maximum atomic E-state index is 13.1. The van der Waals surface area contributed by atoms with Gasteiger partial charge in [0.15, 0.2) is 11.6 Å². The van der Waals surface area contributed by atoms with Crippen LogP contribution < -0.4 is 5.32 Å². The van der Waals surface area contributed by atoms with Gasteiger partial charge in [0.05, 0.1) is 10.6 Å². The molecule has 0 saturated heterocycles. The molecule has 0 saturated carbocycles. The number of nitrogens with one attached hydrogen (secondary N) is 1. The van der Waals surface area contributed by atoms with Crippen molar-refractivity contribution in [2.24, 2.45) is 0 Å². The molecule has 2 aromatic rings. The normalized spacial score (nSPS) is 10.5. The highest BCUT2D eigenvalue weighted by Gasteiger charge is 2.14. The Morgan fingerprint density at radius 1 is 1.14 bits per heavy atom. The van der Waals surface area contributed by atoms with Gasteiger partial charge in [0.1, 0.15) is 0 Å². The average Bonchev–Trinajstić information content (AvgIpc) is 2.51. The van der Waals surface area contributed by atoms with E-state index in [1.54, 1.807) is 11.8 Å². The van der Waals surface area contributed by atoms with Gasteiger partial charge >= 0.3 is 0 Å². The first kappa shape index (κ1) is 16.8. The van der Waals surface area contributed by atoms with E-state index in [0.717, 1.165) is 17.9 Å². The molecule has 1 amide bonds. The van der Waals surface area contributed by atoms with Crippen LogP contribution in [0.1, 0.15) is 15.9 Å². The first-order chi connectivity index (χ1) is 10.6. The van der Waals surface area contributed by atoms with Crippen LogP contribution in [0.2, 0.25) is 5.02 Å². The van der Waals surface area contributed by atoms with Crippen molar-refractivity contribution in [1.82, 2.24) is 5.32 Å². The lowest BCUT2D eigenvalue weighted by Gasteiger charge is -2.07. The average molecular weight is 342 g/mol. The lowest BCUT2D eigenvalue weighted by molar-refractivity contribution is 0.0956. The molecule has 0 bridgehead atoms. The predicted molar refractivity (Wildman–Crippen MR) is 86.3 cm³/mol. The number of carbonyl (C=O) groups excluding carboxylic acids is 1. The summed E-state index contributed by atoms with van der Waals surface area (Å²) in [6, 6.07) is 11.6. The van der Waals surface area contributed by atoms with Gasteiger partial charge in [0.25, 0.3) is 5.91 Å². The van der Waals surface area contributed by atoms with Crippen LogP contribution in [0.3, 0.4) is 0 Å². The van der Waals surface area contributed by atoms with Crippen LogP contribution >= 0.6 is 23.4 Å². The number of amides is 1. The van der Waals surface area contributed by atoms with Crippen LogP contribution in [0.5, 0.6) is 0 Å². The Morgan fingerprint density at radius 3 is 2.55 bits per heavy atom. The molecule has 0 spiro atoms. The van der Waals surface area contributed by atoms with Crippen molar-refractivity contribution in [2.45, 2.75) is 5.75 Å². The highest BCUT2D eigenvalue weighted by molar-refractivity contribution is 7.98. The Hall–Kier alpha value is -1.59. The van der Waals surface area contributed by atoms with E-state index in [0.29, 0.717) is 12.3 Å². The zero-order chi connectivity index (χ0) is 15.9. The van der Waals surface area contributed by atoms with Gasteiger partial charge in [0, 0.05) is 18.1 Å². The van der Waals surface area contributed by atoms with Crippen LogP contribution in [-0.4, -0.2) is 18.2 Å². The number of thioether (sulfide) groups is 1. The molecular formula is C16H14ClF2NOS. The van der Waals surface area contributed by atoms with Gasteiger partial charge in [-0.2, -0.15) is 11.8 Å². The predicted octanol–water partition coefficient (Wildman–Crippen LogP) is 4.28. The molecule has 0 fully saturated rings. The van der Waals surface area contributed by atoms with Gasteiger partial charge in [-0.25, -0.2) is 8.78 Å². The molecule has 116 valence electrons. The second kappa shape index (κ2) is 8.15. The summed E-state index contributed by atoms with van der Waals surface area (Å²) in [6.07, 6.45) is 0. The SMILES string of the molecule is O=C(NCCSCc1ccccc1)c1cc(F)c(F)cc1Cl. The molecule has 1 N–H and O–H groups in total. The molecule has 0 aromatic heterocycles. The lowest BCUT2D eigenvalue weighted by atomic mass is 10.2. The van der Waals surface area contributed by atoms with E-state index in [1.807, 2.05) is 30.3 Å². The van der Waals surface area contributed by atoms with Crippen molar-refractivity contribution in [2.75, 3.05) is 12.3 Å². The first-order valence-corrected chi connectivity index (χ1v) is 8.15. The Balaban J connectivity index is 1.77. The van der Waals surface area contributed by atoms with Crippen molar-refractivity contribution in [3.8, 4) is 0 Å². The third-order valence-electron chi connectivity index (χ3n) is 2.90. The minimum atomic E-state index is -1.09. The summed E-state index contributed by atoms with van der Waals surface area (Å²) < 4.78 is 26.1. The van der Waals surface area contributed by atoms with Crippen molar-refractivity contribution in [3.05, 3.63) is 70.2 Å². The number of halogens is 3. The van der Waals surface area contributed by atoms with E-state index in [9.17, 15) is 13.6 Å². The fourth-order valence-corrected chi connectivity index (χ4v) is 2.85. The molecule has 2 nitrogen and oxygen atoms in total. The highest BCUT2D eigenvalue weighted by atomic mass is 35.5. The molecule has 0 aliphatic carbocycles. The summed E-state index contributed by atoms with van der Waals surface area (Å²) >= 11 is 7.42. The largest absolute Gasteiger partial charge is 0.351 e. The summed E-state index contributed by atoms with van der Waals surface area (Å²) in [7, 11) is 0. The Kier molecular flexibility index (Phi) is 6.21. The Bertz CT molecular complexity index is 652. The topological polar surface area (TPSA) is 29.1 Å². The third-order valence-corrected chi connectivity index (χ3v) is 4.24. The van der Waals surface area contributed by atoms with Crippen LogP contribution in [0.15, 0.2) is 42.5 Å². The summed E-state index contributed by atoms with van der Waals surface area (Å²) in [6.45, 7) is 0.422. The smallest absolute Gasteiger partial charge is 0.252 e. The minimum absolute atomic E-state index is 0.0615. The molecule has 0 radical (unpaired) electrons. The zero-order valence-corrected chi connectivity index (χ0v) is 13.2. The van der Waals surface area contributed by atoms with Gasteiger partial charge in [-0.15, -0.1) is 0 Å². The van der Waals surface area contributed by atoms with Crippen molar-refractivity contribution >= 4 is 29.3 Å². The van der Waals surface area contributed by atoms with E-state index < -0.39 is 17.5 Å². The fraction of sp³-hybridized carbons (Fsp3) is 0.188. The van der Waals surface area contributed by atoms with Crippen molar-refractivity contribution in [3.63, 3.8) is 0 Å². The molecule has 2 rings (SSSR count). The van der Waals surface area contributed by atoms with Crippen molar-refractivity contribution in [1.29, 1.82) is 0 Å². The standard InChI is InChI=1S/C16H14ClF2NOS/c17-13-9-15(19)14(18)8-12(13)16(21)20-6-7-22-10-11-4-2-1-3-5-11/h1-5,8-9H,6-7,10H2,(H,20,21). The van der Waals surface area contributed by atoms with E-state index in [-0.39, 0.29) is 10.6 Å². The van der Waals surface area contributed by atoms with Crippen LogP contribution in [0.4, 0.5) is 8.78 Å². The maximum Gasteiger partial charge on any atom is 0.252 e. The van der Waals surface area contributed by atoms with Crippen LogP contribution in [-0.2, 0) is 5.75 Å². The molecule has 22 heavy (non-hydrogen) atoms. The lowest BCUT2D eigenvalue weighted by Crippen LogP contribution is -2.26. The van der Waals surface area contributed by atoms with E-state index in [1.165, 1.54) is 5.56 Å². The number of carbonyl (C=O) groups is 1. The van der Waals surface area contributed by atoms with Gasteiger partial charge in [-0.3, -0.25) is 4.79 Å².